The van der Waals surface area contributed by atoms with E-state index in [-0.39, 0.29) is 13.0 Å². The van der Waals surface area contributed by atoms with Crippen LogP contribution in [0, 0.1) is 15.9 Å². The van der Waals surface area contributed by atoms with Crippen LogP contribution in [0.25, 0.3) is 0 Å². The van der Waals surface area contributed by atoms with E-state index in [1.54, 1.807) is 0 Å². The number of aliphatic hydroxyl groups is 1. The third-order valence-corrected chi connectivity index (χ3v) is 1.65. The number of halogens is 1. The summed E-state index contributed by atoms with van der Waals surface area (Å²) in [5.74, 6) is -0.970. The molecule has 0 aliphatic heterocycles. The predicted octanol–water partition coefficient (Wildman–Crippen LogP) is 2.42. The van der Waals surface area contributed by atoms with E-state index >= 15 is 0 Å². The van der Waals surface area contributed by atoms with Crippen LogP contribution in [-0.2, 0) is 0 Å². The second-order valence-corrected chi connectivity index (χ2v) is 2.61. The molecule has 0 radical (unpaired) electrons. The lowest BCUT2D eigenvalue weighted by Crippen LogP contribution is -2.00. The second-order valence-electron chi connectivity index (χ2n) is 2.61. The van der Waals surface area contributed by atoms with Crippen LogP contribution < -0.4 is 0 Å². The largest absolute Gasteiger partial charge is 0.389 e. The Labute approximate surface area is 81.1 Å². The summed E-state index contributed by atoms with van der Waals surface area (Å²) in [6.07, 6.45) is -1.04. The van der Waals surface area contributed by atoms with E-state index in [0.717, 1.165) is 6.07 Å². The van der Waals surface area contributed by atoms with Crippen LogP contribution in [0.3, 0.4) is 0 Å². The Kier molecular flexibility index (Phi) is 4.17. The fraction of sp³-hybridized carbons (Fsp3) is 0.333. The van der Waals surface area contributed by atoms with Gasteiger partial charge in [0.15, 0.2) is 0 Å². The number of aliphatic hydroxyl groups excluding tert-OH is 1. The zero-order valence-corrected chi connectivity index (χ0v) is 6.90. The maximum atomic E-state index is 13.2. The number of hydrogen-bond donors (Lipinski definition) is 1. The fourth-order valence-electron chi connectivity index (χ4n) is 1.00. The van der Waals surface area contributed by atoms with Gasteiger partial charge in [0.1, 0.15) is 0 Å². The SMILES string of the molecule is C.CC(O)c1cccc([N+](=O)[O-])c1F. The molecule has 14 heavy (non-hydrogen) atoms. The number of nitro groups is 1. The van der Waals surface area contributed by atoms with Crippen molar-refractivity contribution in [2.24, 2.45) is 0 Å². The first-order chi connectivity index (χ1) is 6.04. The van der Waals surface area contributed by atoms with Crippen molar-refractivity contribution in [3.63, 3.8) is 0 Å². The van der Waals surface area contributed by atoms with Crippen molar-refractivity contribution in [3.05, 3.63) is 39.7 Å². The molecule has 1 rings (SSSR count). The van der Waals surface area contributed by atoms with E-state index in [1.165, 1.54) is 19.1 Å². The van der Waals surface area contributed by atoms with Crippen LogP contribution in [0.4, 0.5) is 10.1 Å². The summed E-state index contributed by atoms with van der Waals surface area (Å²) in [7, 11) is 0. The summed E-state index contributed by atoms with van der Waals surface area (Å²) in [5, 5.41) is 19.3. The molecule has 5 heteroatoms. The minimum absolute atomic E-state index is 0. The zero-order chi connectivity index (χ0) is 10.0. The Balaban J connectivity index is 0.00000169. The lowest BCUT2D eigenvalue weighted by molar-refractivity contribution is -0.387. The molecule has 4 nitrogen and oxygen atoms in total. The average molecular weight is 201 g/mol. The van der Waals surface area contributed by atoms with Gasteiger partial charge in [-0.05, 0) is 6.92 Å². The van der Waals surface area contributed by atoms with Crippen LogP contribution in [0.1, 0.15) is 26.0 Å². The van der Waals surface area contributed by atoms with Crippen molar-refractivity contribution in [1.29, 1.82) is 0 Å². The van der Waals surface area contributed by atoms with Gasteiger partial charge in [-0.25, -0.2) is 0 Å². The summed E-state index contributed by atoms with van der Waals surface area (Å²) in [6, 6.07) is 3.71. The van der Waals surface area contributed by atoms with Gasteiger partial charge in [-0.3, -0.25) is 10.1 Å². The molecule has 1 unspecified atom stereocenters. The summed E-state index contributed by atoms with van der Waals surface area (Å²) in [4.78, 5) is 9.46. The monoisotopic (exact) mass is 201 g/mol. The van der Waals surface area contributed by atoms with E-state index in [2.05, 4.69) is 0 Å². The van der Waals surface area contributed by atoms with Crippen molar-refractivity contribution in [2.75, 3.05) is 0 Å². The third kappa shape index (κ3) is 2.26. The maximum Gasteiger partial charge on any atom is 0.305 e. The molecule has 0 heterocycles. The van der Waals surface area contributed by atoms with E-state index < -0.39 is 22.5 Å². The highest BCUT2D eigenvalue weighted by atomic mass is 19.1. The van der Waals surface area contributed by atoms with Crippen LogP contribution in [0.2, 0.25) is 0 Å². The standard InChI is InChI=1S/C8H8FNO3.CH4/c1-5(11)6-3-2-4-7(8(6)9)10(12)13;/h2-5,11H,1H3;1H4. The summed E-state index contributed by atoms with van der Waals surface area (Å²) in [6.45, 7) is 1.35. The zero-order valence-electron chi connectivity index (χ0n) is 6.90. The van der Waals surface area contributed by atoms with Gasteiger partial charge in [-0.2, -0.15) is 4.39 Å². The number of nitro benzene ring substituents is 1. The first-order valence-electron chi connectivity index (χ1n) is 3.65. The second kappa shape index (κ2) is 4.66. The molecule has 0 amide bonds. The Hall–Kier alpha value is -1.49. The molecule has 0 spiro atoms. The number of hydrogen-bond acceptors (Lipinski definition) is 3. The van der Waals surface area contributed by atoms with Crippen molar-refractivity contribution in [3.8, 4) is 0 Å². The molecule has 1 N–H and O–H groups in total. The predicted molar refractivity (Wildman–Crippen MR) is 50.4 cm³/mol. The van der Waals surface area contributed by atoms with E-state index in [1.807, 2.05) is 0 Å². The number of rotatable bonds is 2. The Morgan fingerprint density at radius 3 is 2.57 bits per heavy atom. The highest BCUT2D eigenvalue weighted by Crippen LogP contribution is 2.24. The molecule has 0 saturated carbocycles. The van der Waals surface area contributed by atoms with Gasteiger partial charge in [0, 0.05) is 11.6 Å². The van der Waals surface area contributed by atoms with Gasteiger partial charge >= 0.3 is 5.69 Å². The molecule has 1 atom stereocenters. The average Bonchev–Trinajstić information content (AvgIpc) is 2.03. The van der Waals surface area contributed by atoms with Gasteiger partial charge in [0.2, 0.25) is 5.82 Å². The molecule has 0 bridgehead atoms. The Morgan fingerprint density at radius 2 is 2.14 bits per heavy atom. The normalized spacial score (nSPS) is 11.6. The summed E-state index contributed by atoms with van der Waals surface area (Å²) >= 11 is 0. The van der Waals surface area contributed by atoms with E-state index in [0.29, 0.717) is 0 Å². The molecule has 0 saturated heterocycles. The minimum atomic E-state index is -1.04. The quantitative estimate of drug-likeness (QED) is 0.590. The highest BCUT2D eigenvalue weighted by molar-refractivity contribution is 5.37. The van der Waals surface area contributed by atoms with Crippen molar-refractivity contribution >= 4 is 5.69 Å². The van der Waals surface area contributed by atoms with Crippen molar-refractivity contribution in [2.45, 2.75) is 20.5 Å². The lowest BCUT2D eigenvalue weighted by atomic mass is 10.1. The van der Waals surface area contributed by atoms with Gasteiger partial charge in [0.25, 0.3) is 0 Å². The van der Waals surface area contributed by atoms with Crippen LogP contribution >= 0.6 is 0 Å². The molecule has 0 aromatic heterocycles. The number of nitrogens with zero attached hydrogens (tertiary/aromatic N) is 1. The van der Waals surface area contributed by atoms with E-state index in [9.17, 15) is 14.5 Å². The highest BCUT2D eigenvalue weighted by Gasteiger charge is 2.19. The molecule has 1 aromatic carbocycles. The third-order valence-electron chi connectivity index (χ3n) is 1.65. The van der Waals surface area contributed by atoms with Gasteiger partial charge in [-0.15, -0.1) is 0 Å². The van der Waals surface area contributed by atoms with Crippen LogP contribution in [-0.4, -0.2) is 10.0 Å². The molecule has 0 aliphatic rings. The van der Waals surface area contributed by atoms with E-state index in [4.69, 9.17) is 5.11 Å². The first kappa shape index (κ1) is 12.5. The molecule has 78 valence electrons. The van der Waals surface area contributed by atoms with Crippen molar-refractivity contribution < 1.29 is 14.4 Å². The molecular formula is C9H12FNO3. The first-order valence-corrected chi connectivity index (χ1v) is 3.65. The summed E-state index contributed by atoms with van der Waals surface area (Å²) in [5.41, 5.74) is -0.674. The molecule has 1 aromatic rings. The molecule has 0 fully saturated rings. The smallest absolute Gasteiger partial charge is 0.305 e. The van der Waals surface area contributed by atoms with Crippen LogP contribution in [0.5, 0.6) is 0 Å². The topological polar surface area (TPSA) is 63.4 Å². The van der Waals surface area contributed by atoms with Gasteiger partial charge in [0.05, 0.1) is 11.0 Å². The van der Waals surface area contributed by atoms with Crippen LogP contribution in [0.15, 0.2) is 18.2 Å². The Morgan fingerprint density at radius 1 is 1.57 bits per heavy atom. The minimum Gasteiger partial charge on any atom is -0.389 e. The Bertz CT molecular complexity index is 339. The van der Waals surface area contributed by atoms with Gasteiger partial charge in [-0.1, -0.05) is 19.6 Å². The number of benzene rings is 1. The summed E-state index contributed by atoms with van der Waals surface area (Å²) < 4.78 is 13.2. The molecule has 0 aliphatic carbocycles. The maximum absolute atomic E-state index is 13.2. The molecular weight excluding hydrogens is 189 g/mol. The van der Waals surface area contributed by atoms with Crippen molar-refractivity contribution in [1.82, 2.24) is 0 Å². The lowest BCUT2D eigenvalue weighted by Gasteiger charge is -2.04. The fourth-order valence-corrected chi connectivity index (χ4v) is 1.00. The van der Waals surface area contributed by atoms with Gasteiger partial charge < -0.3 is 5.11 Å².